The second kappa shape index (κ2) is 6.64. The molecule has 2 aromatic heterocycles. The van der Waals surface area contributed by atoms with Crippen molar-refractivity contribution in [3.8, 4) is 11.5 Å². The number of halogens is 1. The number of H-pyrrole nitrogens is 1. The predicted molar refractivity (Wildman–Crippen MR) is 92.3 cm³/mol. The molecule has 10 heteroatoms. The fourth-order valence-electron chi connectivity index (χ4n) is 2.60. The number of hydrogen-bond donors (Lipinski definition) is 2. The van der Waals surface area contributed by atoms with Crippen LogP contribution in [0.2, 0.25) is 0 Å². The Morgan fingerprint density at radius 3 is 2.58 bits per heavy atom. The van der Waals surface area contributed by atoms with Gasteiger partial charge in [0.15, 0.2) is 0 Å². The molecule has 0 aliphatic heterocycles. The van der Waals surface area contributed by atoms with Gasteiger partial charge in [-0.2, -0.15) is 0 Å². The van der Waals surface area contributed by atoms with Crippen LogP contribution in [0.4, 0.5) is 4.39 Å². The van der Waals surface area contributed by atoms with Crippen LogP contribution < -0.4 is 20.7 Å². The number of fused-ring (bicyclic) bond motifs is 1. The molecule has 0 atom stereocenters. The van der Waals surface area contributed by atoms with E-state index in [2.05, 4.69) is 4.98 Å². The number of thiophene rings is 1. The lowest BCUT2D eigenvalue weighted by Crippen LogP contribution is -2.30. The number of nitrogens with one attached hydrogen (secondary N) is 1. The molecule has 0 saturated carbocycles. The summed E-state index contributed by atoms with van der Waals surface area (Å²) >= 11 is 1.13. The number of hydrogen-bond acceptors (Lipinski definition) is 6. The van der Waals surface area contributed by atoms with E-state index in [0.717, 1.165) is 23.5 Å². The zero-order chi connectivity index (χ0) is 19.0. The van der Waals surface area contributed by atoms with Gasteiger partial charge < -0.3 is 14.6 Å². The van der Waals surface area contributed by atoms with Crippen molar-refractivity contribution in [2.75, 3.05) is 14.2 Å². The summed E-state index contributed by atoms with van der Waals surface area (Å²) in [6.07, 6.45) is 0. The maximum absolute atomic E-state index is 13.8. The molecule has 26 heavy (non-hydrogen) atoms. The number of aromatic nitrogens is 2. The number of ether oxygens (including phenoxy) is 2. The SMILES string of the molecule is COc1cc(F)c(C(=O)O)cc1Cn1c(=O)[nH]c(=O)c2c(OC)csc21. The van der Waals surface area contributed by atoms with Crippen molar-refractivity contribution in [2.24, 2.45) is 0 Å². The lowest BCUT2D eigenvalue weighted by atomic mass is 10.1. The number of methoxy groups -OCH3 is 2. The zero-order valence-electron chi connectivity index (χ0n) is 13.7. The maximum Gasteiger partial charge on any atom is 0.338 e. The van der Waals surface area contributed by atoms with E-state index >= 15 is 0 Å². The standard InChI is InChI=1S/C16H13FN2O6S/c1-24-10-4-9(17)8(15(21)22)3-7(10)5-19-14-12(11(25-2)6-26-14)13(20)18-16(19)23/h3-4,6H,5H2,1-2H3,(H,21,22)(H,18,20,23). The van der Waals surface area contributed by atoms with Crippen LogP contribution in [0.5, 0.6) is 11.5 Å². The maximum atomic E-state index is 13.8. The molecule has 2 N–H and O–H groups in total. The number of carboxylic acids is 1. The van der Waals surface area contributed by atoms with Crippen molar-refractivity contribution in [3.63, 3.8) is 0 Å². The molecule has 1 aromatic carbocycles. The number of rotatable bonds is 5. The summed E-state index contributed by atoms with van der Waals surface area (Å²) in [6.45, 7) is -0.125. The number of aromatic amines is 1. The van der Waals surface area contributed by atoms with Gasteiger partial charge in [0, 0.05) is 17.0 Å². The van der Waals surface area contributed by atoms with Crippen LogP contribution in [0.25, 0.3) is 10.2 Å². The number of nitrogens with zero attached hydrogens (tertiary/aromatic N) is 1. The first-order valence-electron chi connectivity index (χ1n) is 7.25. The van der Waals surface area contributed by atoms with E-state index in [4.69, 9.17) is 14.6 Å². The van der Waals surface area contributed by atoms with Gasteiger partial charge in [0.2, 0.25) is 0 Å². The van der Waals surface area contributed by atoms with Gasteiger partial charge in [0.1, 0.15) is 27.5 Å². The number of carbonyl (C=O) groups is 1. The number of benzene rings is 1. The summed E-state index contributed by atoms with van der Waals surface area (Å²) in [6, 6.07) is 2.05. The highest BCUT2D eigenvalue weighted by Crippen LogP contribution is 2.30. The first kappa shape index (κ1) is 17.7. The van der Waals surface area contributed by atoms with Crippen molar-refractivity contribution in [1.82, 2.24) is 9.55 Å². The third kappa shape index (κ3) is 2.84. The van der Waals surface area contributed by atoms with Crippen LogP contribution in [0.1, 0.15) is 15.9 Å². The number of carboxylic acid groups (broad SMARTS) is 1. The average Bonchev–Trinajstić information content (AvgIpc) is 3.03. The smallest absolute Gasteiger partial charge is 0.338 e. The van der Waals surface area contributed by atoms with Crippen LogP contribution in [-0.2, 0) is 6.54 Å². The van der Waals surface area contributed by atoms with Crippen LogP contribution in [0, 0.1) is 5.82 Å². The van der Waals surface area contributed by atoms with Gasteiger partial charge in [-0.1, -0.05) is 0 Å². The second-order valence-corrected chi connectivity index (χ2v) is 6.14. The fraction of sp³-hybridized carbons (Fsp3) is 0.188. The second-order valence-electron chi connectivity index (χ2n) is 5.28. The monoisotopic (exact) mass is 380 g/mol. The van der Waals surface area contributed by atoms with Gasteiger partial charge in [0.05, 0.1) is 26.3 Å². The minimum absolute atomic E-state index is 0.0854. The minimum atomic E-state index is -1.44. The summed E-state index contributed by atoms with van der Waals surface area (Å²) in [5.74, 6) is -1.99. The van der Waals surface area contributed by atoms with E-state index in [0.29, 0.717) is 10.6 Å². The molecule has 0 aliphatic carbocycles. The van der Waals surface area contributed by atoms with Gasteiger partial charge in [0.25, 0.3) is 5.56 Å². The van der Waals surface area contributed by atoms with Gasteiger partial charge in [-0.05, 0) is 6.07 Å². The van der Waals surface area contributed by atoms with Crippen LogP contribution in [0.15, 0.2) is 27.1 Å². The van der Waals surface area contributed by atoms with E-state index in [9.17, 15) is 18.8 Å². The topological polar surface area (TPSA) is 111 Å². The molecule has 2 heterocycles. The third-order valence-corrected chi connectivity index (χ3v) is 4.80. The molecule has 0 unspecified atom stereocenters. The average molecular weight is 380 g/mol. The first-order valence-corrected chi connectivity index (χ1v) is 8.13. The summed E-state index contributed by atoms with van der Waals surface area (Å²) < 4.78 is 25.3. The van der Waals surface area contributed by atoms with Crippen molar-refractivity contribution >= 4 is 27.5 Å². The Labute approximate surface area is 149 Å². The Kier molecular flexibility index (Phi) is 4.51. The lowest BCUT2D eigenvalue weighted by Gasteiger charge is -2.12. The molecule has 3 aromatic rings. The normalized spacial score (nSPS) is 10.9. The molecule has 0 radical (unpaired) electrons. The molecule has 3 rings (SSSR count). The Morgan fingerprint density at radius 1 is 1.27 bits per heavy atom. The summed E-state index contributed by atoms with van der Waals surface area (Å²) in [5.41, 5.74) is -1.54. The van der Waals surface area contributed by atoms with Crippen molar-refractivity contribution in [3.05, 3.63) is 55.3 Å². The van der Waals surface area contributed by atoms with Gasteiger partial charge >= 0.3 is 11.7 Å². The van der Waals surface area contributed by atoms with Crippen LogP contribution in [0.3, 0.4) is 0 Å². The van der Waals surface area contributed by atoms with E-state index in [-0.39, 0.29) is 23.2 Å². The molecule has 0 amide bonds. The van der Waals surface area contributed by atoms with E-state index in [1.807, 2.05) is 0 Å². The van der Waals surface area contributed by atoms with Crippen molar-refractivity contribution in [1.29, 1.82) is 0 Å². The van der Waals surface area contributed by atoms with E-state index in [1.165, 1.54) is 18.8 Å². The summed E-state index contributed by atoms with van der Waals surface area (Å²) in [5, 5.41) is 10.9. The predicted octanol–water partition coefficient (Wildman–Crippen LogP) is 1.65. The van der Waals surface area contributed by atoms with Crippen molar-refractivity contribution < 1.29 is 23.8 Å². The van der Waals surface area contributed by atoms with Crippen LogP contribution >= 0.6 is 11.3 Å². The quantitative estimate of drug-likeness (QED) is 0.696. The first-order chi connectivity index (χ1) is 12.4. The molecule has 0 spiro atoms. The molecule has 0 fully saturated rings. The van der Waals surface area contributed by atoms with Crippen molar-refractivity contribution in [2.45, 2.75) is 6.54 Å². The lowest BCUT2D eigenvalue weighted by molar-refractivity contribution is 0.0691. The van der Waals surface area contributed by atoms with E-state index in [1.54, 1.807) is 5.38 Å². The van der Waals surface area contributed by atoms with Crippen LogP contribution in [-0.4, -0.2) is 34.8 Å². The molecular formula is C16H13FN2O6S. The summed E-state index contributed by atoms with van der Waals surface area (Å²) in [4.78, 5) is 38.1. The highest BCUT2D eigenvalue weighted by Gasteiger charge is 2.19. The molecule has 0 aliphatic rings. The van der Waals surface area contributed by atoms with E-state index < -0.39 is 28.6 Å². The highest BCUT2D eigenvalue weighted by molar-refractivity contribution is 7.17. The molecule has 0 saturated heterocycles. The summed E-state index contributed by atoms with van der Waals surface area (Å²) in [7, 11) is 2.70. The number of aromatic carboxylic acids is 1. The molecular weight excluding hydrogens is 367 g/mol. The van der Waals surface area contributed by atoms with Gasteiger partial charge in [-0.3, -0.25) is 14.3 Å². The Bertz CT molecular complexity index is 1130. The third-order valence-electron chi connectivity index (χ3n) is 3.82. The fourth-order valence-corrected chi connectivity index (χ4v) is 3.62. The molecule has 0 bridgehead atoms. The Balaban J connectivity index is 2.23. The van der Waals surface area contributed by atoms with Gasteiger partial charge in [-0.15, -0.1) is 11.3 Å². The minimum Gasteiger partial charge on any atom is -0.496 e. The molecule has 8 nitrogen and oxygen atoms in total. The zero-order valence-corrected chi connectivity index (χ0v) is 14.5. The van der Waals surface area contributed by atoms with Gasteiger partial charge in [-0.25, -0.2) is 14.0 Å². The molecule has 136 valence electrons. The Morgan fingerprint density at radius 2 is 1.96 bits per heavy atom. The highest BCUT2D eigenvalue weighted by atomic mass is 32.1. The Hall–Kier alpha value is -3.14. The largest absolute Gasteiger partial charge is 0.496 e.